The minimum Gasteiger partial charge on any atom is -0.493 e. The smallest absolute Gasteiger partial charge is 0.412 e. The molecule has 10 nitrogen and oxygen atoms in total. The number of carbonyl (C=O) groups excluding carboxylic acids is 3. The fourth-order valence-electron chi connectivity index (χ4n) is 4.39. The van der Waals surface area contributed by atoms with Crippen molar-refractivity contribution in [2.75, 3.05) is 41.3 Å². The molecular formula is C35H38N4O6S. The van der Waals surface area contributed by atoms with Crippen molar-refractivity contribution in [2.24, 2.45) is 0 Å². The van der Waals surface area contributed by atoms with Crippen molar-refractivity contribution in [2.45, 2.75) is 37.8 Å². The van der Waals surface area contributed by atoms with Crippen LogP contribution < -0.4 is 30.3 Å². The fourth-order valence-corrected chi connectivity index (χ4v) is 4.80. The predicted octanol–water partition coefficient (Wildman–Crippen LogP) is 8.26. The first-order valence-electron chi connectivity index (χ1n) is 14.4. The maximum absolute atomic E-state index is 13.6. The number of carbonyl (C=O) groups is 3. The summed E-state index contributed by atoms with van der Waals surface area (Å²) in [6, 6.07) is 26.3. The zero-order valence-corrected chi connectivity index (χ0v) is 27.5. The molecule has 0 saturated carbocycles. The minimum atomic E-state index is -0.667. The standard InChI is InChI=1S/C35H38N4O6S/c1-35(2,3)45-34(42)38-29-10-8-7-9-28(29)37-32(40)24-13-11-23(12-14-24)22-39(26-17-20-30(43-4)31(21-26)44-5)33(41)36-25-15-18-27(46-6)19-16-25/h7-21H,22H2,1-6H3,(H,36,41)(H,37,40)(H,38,42). The number of methoxy groups -OCH3 is 2. The van der Waals surface area contributed by atoms with Gasteiger partial charge in [-0.2, -0.15) is 0 Å². The third-order valence-corrected chi connectivity index (χ3v) is 7.38. The van der Waals surface area contributed by atoms with Gasteiger partial charge in [-0.05, 0) is 93.3 Å². The Labute approximate surface area is 273 Å². The molecule has 0 aliphatic rings. The molecular weight excluding hydrogens is 604 g/mol. The van der Waals surface area contributed by atoms with E-state index in [-0.39, 0.29) is 18.5 Å². The second kappa shape index (κ2) is 15.2. The van der Waals surface area contributed by atoms with Crippen LogP contribution in [0.5, 0.6) is 11.5 Å². The number of ether oxygens (including phenoxy) is 3. The molecule has 4 aromatic rings. The van der Waals surface area contributed by atoms with Gasteiger partial charge in [0.2, 0.25) is 0 Å². The lowest BCUT2D eigenvalue weighted by Crippen LogP contribution is -2.34. The molecule has 0 radical (unpaired) electrons. The molecule has 0 atom stereocenters. The van der Waals surface area contributed by atoms with Crippen molar-refractivity contribution in [3.05, 3.63) is 102 Å². The van der Waals surface area contributed by atoms with Crippen molar-refractivity contribution < 1.29 is 28.6 Å². The number of anilines is 4. The summed E-state index contributed by atoms with van der Waals surface area (Å²) in [7, 11) is 3.09. The van der Waals surface area contributed by atoms with Crippen LogP contribution in [0.3, 0.4) is 0 Å². The summed E-state index contributed by atoms with van der Waals surface area (Å²) in [5.74, 6) is 0.654. The maximum Gasteiger partial charge on any atom is 0.412 e. The fraction of sp³-hybridized carbons (Fsp3) is 0.229. The van der Waals surface area contributed by atoms with E-state index in [0.29, 0.717) is 39.8 Å². The summed E-state index contributed by atoms with van der Waals surface area (Å²) < 4.78 is 16.2. The highest BCUT2D eigenvalue weighted by Gasteiger charge is 2.20. The van der Waals surface area contributed by atoms with Gasteiger partial charge in [-0.3, -0.25) is 15.0 Å². The second-order valence-electron chi connectivity index (χ2n) is 11.1. The summed E-state index contributed by atoms with van der Waals surface area (Å²) in [4.78, 5) is 41.8. The molecule has 0 saturated heterocycles. The predicted molar refractivity (Wildman–Crippen MR) is 184 cm³/mol. The van der Waals surface area contributed by atoms with Crippen molar-refractivity contribution in [3.8, 4) is 11.5 Å². The number of hydrogen-bond acceptors (Lipinski definition) is 7. The number of urea groups is 1. The zero-order valence-electron chi connectivity index (χ0n) is 26.7. The summed E-state index contributed by atoms with van der Waals surface area (Å²) in [5, 5.41) is 8.50. The molecule has 4 rings (SSSR count). The van der Waals surface area contributed by atoms with Gasteiger partial charge in [0.05, 0.1) is 32.1 Å². The van der Waals surface area contributed by atoms with Gasteiger partial charge in [0, 0.05) is 27.9 Å². The van der Waals surface area contributed by atoms with Crippen LogP contribution in [-0.4, -0.2) is 44.1 Å². The first-order chi connectivity index (χ1) is 22.0. The maximum atomic E-state index is 13.6. The number of nitrogens with zero attached hydrogens (tertiary/aromatic N) is 1. The Morgan fingerprint density at radius 2 is 1.39 bits per heavy atom. The molecule has 0 aliphatic heterocycles. The molecule has 0 bridgehead atoms. The van der Waals surface area contributed by atoms with Gasteiger partial charge in [-0.15, -0.1) is 11.8 Å². The summed E-state index contributed by atoms with van der Waals surface area (Å²) in [5.41, 5.74) is 2.58. The molecule has 0 fully saturated rings. The quantitative estimate of drug-likeness (QED) is 0.149. The van der Waals surface area contributed by atoms with E-state index in [1.807, 2.05) is 30.5 Å². The Hall–Kier alpha value is -5.16. The molecule has 0 heterocycles. The van der Waals surface area contributed by atoms with Crippen LogP contribution in [0.15, 0.2) is 95.9 Å². The number of benzene rings is 4. The van der Waals surface area contributed by atoms with Gasteiger partial charge in [-0.25, -0.2) is 9.59 Å². The normalized spacial score (nSPS) is 10.8. The molecule has 11 heteroatoms. The van der Waals surface area contributed by atoms with Gasteiger partial charge in [0.25, 0.3) is 5.91 Å². The number of thioether (sulfide) groups is 1. The first kappa shape index (κ1) is 33.7. The number of hydrogen-bond donors (Lipinski definition) is 3. The van der Waals surface area contributed by atoms with Crippen LogP contribution in [0.25, 0.3) is 0 Å². The van der Waals surface area contributed by atoms with Crippen molar-refractivity contribution in [1.82, 2.24) is 0 Å². The Bertz CT molecular complexity index is 1670. The van der Waals surface area contributed by atoms with E-state index in [9.17, 15) is 14.4 Å². The SMILES string of the molecule is COc1ccc(N(Cc2ccc(C(=O)Nc3ccccc3NC(=O)OC(C)(C)C)cc2)C(=O)Nc2ccc(SC)cc2)cc1OC. The summed E-state index contributed by atoms with van der Waals surface area (Å²) >= 11 is 1.62. The second-order valence-corrected chi connectivity index (χ2v) is 12.0. The van der Waals surface area contributed by atoms with Gasteiger partial charge in [-0.1, -0.05) is 24.3 Å². The number of rotatable bonds is 10. The lowest BCUT2D eigenvalue weighted by atomic mass is 10.1. The number of para-hydroxylation sites is 2. The minimum absolute atomic E-state index is 0.203. The van der Waals surface area contributed by atoms with Gasteiger partial charge >= 0.3 is 12.1 Å². The average molecular weight is 643 g/mol. The lowest BCUT2D eigenvalue weighted by molar-refractivity contribution is 0.0635. The van der Waals surface area contributed by atoms with E-state index in [0.717, 1.165) is 10.5 Å². The zero-order chi connectivity index (χ0) is 33.3. The summed E-state index contributed by atoms with van der Waals surface area (Å²) in [6.07, 6.45) is 1.36. The van der Waals surface area contributed by atoms with Crippen LogP contribution in [0, 0.1) is 0 Å². The Kier molecular flexibility index (Phi) is 11.2. The Morgan fingerprint density at radius 1 is 0.761 bits per heavy atom. The van der Waals surface area contributed by atoms with Crippen molar-refractivity contribution in [1.29, 1.82) is 0 Å². The third kappa shape index (κ3) is 9.18. The molecule has 46 heavy (non-hydrogen) atoms. The van der Waals surface area contributed by atoms with E-state index in [1.165, 1.54) is 7.11 Å². The molecule has 240 valence electrons. The average Bonchev–Trinajstić information content (AvgIpc) is 3.03. The molecule has 0 unspecified atom stereocenters. The number of amides is 4. The van der Waals surface area contributed by atoms with Crippen LogP contribution in [-0.2, 0) is 11.3 Å². The highest BCUT2D eigenvalue weighted by molar-refractivity contribution is 7.98. The first-order valence-corrected chi connectivity index (χ1v) is 15.7. The monoisotopic (exact) mass is 642 g/mol. The van der Waals surface area contributed by atoms with Crippen LogP contribution in [0.1, 0.15) is 36.7 Å². The molecule has 4 aromatic carbocycles. The molecule has 0 spiro atoms. The van der Waals surface area contributed by atoms with Crippen LogP contribution in [0.4, 0.5) is 32.3 Å². The lowest BCUT2D eigenvalue weighted by Gasteiger charge is -2.24. The molecule has 0 aromatic heterocycles. The van der Waals surface area contributed by atoms with Gasteiger partial charge < -0.3 is 24.8 Å². The van der Waals surface area contributed by atoms with Crippen molar-refractivity contribution in [3.63, 3.8) is 0 Å². The van der Waals surface area contributed by atoms with E-state index in [4.69, 9.17) is 14.2 Å². The highest BCUT2D eigenvalue weighted by atomic mass is 32.2. The molecule has 0 aliphatic carbocycles. The Balaban J connectivity index is 1.52. The van der Waals surface area contributed by atoms with E-state index in [1.54, 1.807) is 111 Å². The third-order valence-electron chi connectivity index (χ3n) is 6.63. The van der Waals surface area contributed by atoms with Crippen LogP contribution in [0.2, 0.25) is 0 Å². The Morgan fingerprint density at radius 3 is 1.98 bits per heavy atom. The van der Waals surface area contributed by atoms with Crippen LogP contribution >= 0.6 is 11.8 Å². The van der Waals surface area contributed by atoms with Gasteiger partial charge in [0.15, 0.2) is 11.5 Å². The molecule has 4 amide bonds. The van der Waals surface area contributed by atoms with E-state index in [2.05, 4.69) is 16.0 Å². The molecule has 3 N–H and O–H groups in total. The van der Waals surface area contributed by atoms with Crippen molar-refractivity contribution >= 4 is 52.5 Å². The van der Waals surface area contributed by atoms with E-state index < -0.39 is 11.7 Å². The van der Waals surface area contributed by atoms with E-state index >= 15 is 0 Å². The number of nitrogens with one attached hydrogen (secondary N) is 3. The highest BCUT2D eigenvalue weighted by Crippen LogP contribution is 2.33. The topological polar surface area (TPSA) is 118 Å². The summed E-state index contributed by atoms with van der Waals surface area (Å²) in [6.45, 7) is 5.52. The largest absolute Gasteiger partial charge is 0.493 e. The van der Waals surface area contributed by atoms with Gasteiger partial charge in [0.1, 0.15) is 5.60 Å².